The van der Waals surface area contributed by atoms with Gasteiger partial charge in [-0.3, -0.25) is 0 Å². The van der Waals surface area contributed by atoms with Gasteiger partial charge in [-0.1, -0.05) is 19.1 Å². The lowest BCUT2D eigenvalue weighted by atomic mass is 10.2. The third-order valence-corrected chi connectivity index (χ3v) is 2.64. The fourth-order valence-electron chi connectivity index (χ4n) is 1.83. The van der Waals surface area contributed by atoms with Gasteiger partial charge in [0.25, 0.3) is 0 Å². The molecule has 0 amide bonds. The molecule has 1 rings (SSSR count). The number of likely N-dealkylation sites (N-methyl/N-ethyl adjacent to an activating group) is 2. The van der Waals surface area contributed by atoms with Gasteiger partial charge in [-0.15, -0.1) is 0 Å². The van der Waals surface area contributed by atoms with Crippen LogP contribution < -0.4 is 10.1 Å². The molecule has 0 aliphatic rings. The average molecular weight is 250 g/mol. The summed E-state index contributed by atoms with van der Waals surface area (Å²) in [5.74, 6) is 0.961. The molecule has 0 atom stereocenters. The van der Waals surface area contributed by atoms with Crippen molar-refractivity contribution >= 4 is 0 Å². The molecule has 0 fully saturated rings. The number of nitrogens with one attached hydrogen (secondary N) is 1. The lowest BCUT2D eigenvalue weighted by Crippen LogP contribution is -2.28. The van der Waals surface area contributed by atoms with Gasteiger partial charge in [-0.2, -0.15) is 0 Å². The van der Waals surface area contributed by atoms with Crippen LogP contribution in [0.4, 0.5) is 0 Å². The van der Waals surface area contributed by atoms with Crippen LogP contribution in [0.1, 0.15) is 26.3 Å². The van der Waals surface area contributed by atoms with Crippen LogP contribution in [0, 0.1) is 0 Å². The average Bonchev–Trinajstić information content (AvgIpc) is 2.28. The van der Waals surface area contributed by atoms with E-state index in [1.165, 1.54) is 5.56 Å². The third-order valence-electron chi connectivity index (χ3n) is 2.64. The Balaban J connectivity index is 2.45. The van der Waals surface area contributed by atoms with Crippen LogP contribution in [0.5, 0.6) is 5.75 Å². The van der Waals surface area contributed by atoms with E-state index in [9.17, 15) is 0 Å². The number of rotatable bonds is 8. The molecule has 3 nitrogen and oxygen atoms in total. The lowest BCUT2D eigenvalue weighted by Gasteiger charge is -2.17. The summed E-state index contributed by atoms with van der Waals surface area (Å²) in [6.45, 7) is 10.3. The van der Waals surface area contributed by atoms with E-state index >= 15 is 0 Å². The Bertz CT molecular complexity index is 339. The zero-order chi connectivity index (χ0) is 13.4. The highest BCUT2D eigenvalue weighted by molar-refractivity contribution is 5.28. The predicted molar refractivity (Wildman–Crippen MR) is 77.1 cm³/mol. The van der Waals surface area contributed by atoms with Crippen LogP contribution in [0.3, 0.4) is 0 Å². The van der Waals surface area contributed by atoms with Crippen LogP contribution >= 0.6 is 0 Å². The van der Waals surface area contributed by atoms with Crippen LogP contribution in [0.25, 0.3) is 0 Å². The molecule has 0 radical (unpaired) electrons. The smallest absolute Gasteiger partial charge is 0.120 e. The van der Waals surface area contributed by atoms with Gasteiger partial charge in [0.05, 0.1) is 6.10 Å². The number of benzene rings is 1. The fraction of sp³-hybridized carbons (Fsp3) is 0.600. The Morgan fingerprint density at radius 2 is 2.11 bits per heavy atom. The Labute approximate surface area is 111 Å². The van der Waals surface area contributed by atoms with E-state index in [0.29, 0.717) is 0 Å². The van der Waals surface area contributed by atoms with Crippen molar-refractivity contribution in [2.75, 3.05) is 26.7 Å². The summed E-state index contributed by atoms with van der Waals surface area (Å²) < 4.78 is 5.70. The van der Waals surface area contributed by atoms with E-state index in [-0.39, 0.29) is 6.10 Å². The van der Waals surface area contributed by atoms with Crippen molar-refractivity contribution in [1.29, 1.82) is 0 Å². The molecule has 0 saturated carbocycles. The number of hydrogen-bond acceptors (Lipinski definition) is 3. The summed E-state index contributed by atoms with van der Waals surface area (Å²) in [6.07, 6.45) is 0.228. The van der Waals surface area contributed by atoms with Gasteiger partial charge in [0.15, 0.2) is 0 Å². The van der Waals surface area contributed by atoms with E-state index in [4.69, 9.17) is 4.74 Å². The van der Waals surface area contributed by atoms with Crippen LogP contribution in [0.15, 0.2) is 24.3 Å². The predicted octanol–water partition coefficient (Wildman–Crippen LogP) is 2.52. The van der Waals surface area contributed by atoms with Gasteiger partial charge in [0.2, 0.25) is 0 Å². The normalized spacial score (nSPS) is 11.2. The number of ether oxygens (including phenoxy) is 1. The molecule has 0 aliphatic heterocycles. The van der Waals surface area contributed by atoms with Crippen molar-refractivity contribution in [2.24, 2.45) is 0 Å². The second-order valence-corrected chi connectivity index (χ2v) is 4.91. The summed E-state index contributed by atoms with van der Waals surface area (Å²) >= 11 is 0. The maximum absolute atomic E-state index is 5.70. The standard InChI is InChI=1S/C15H26N2O/c1-5-16-9-10-17(4)12-14-7-6-8-15(11-14)18-13(2)3/h6-8,11,13,16H,5,9-10,12H2,1-4H3. The molecule has 0 aliphatic carbocycles. The maximum Gasteiger partial charge on any atom is 0.120 e. The molecule has 102 valence electrons. The molecule has 18 heavy (non-hydrogen) atoms. The minimum Gasteiger partial charge on any atom is -0.491 e. The van der Waals surface area contributed by atoms with Crippen molar-refractivity contribution in [2.45, 2.75) is 33.4 Å². The molecular formula is C15H26N2O. The lowest BCUT2D eigenvalue weighted by molar-refractivity contribution is 0.241. The van der Waals surface area contributed by atoms with Crippen LogP contribution in [-0.4, -0.2) is 37.7 Å². The van der Waals surface area contributed by atoms with Crippen molar-refractivity contribution in [1.82, 2.24) is 10.2 Å². The minimum atomic E-state index is 0.228. The van der Waals surface area contributed by atoms with E-state index < -0.39 is 0 Å². The van der Waals surface area contributed by atoms with E-state index in [1.54, 1.807) is 0 Å². The van der Waals surface area contributed by atoms with Crippen molar-refractivity contribution in [3.63, 3.8) is 0 Å². The molecular weight excluding hydrogens is 224 g/mol. The summed E-state index contributed by atoms with van der Waals surface area (Å²) in [4.78, 5) is 2.32. The summed E-state index contributed by atoms with van der Waals surface area (Å²) in [5.41, 5.74) is 1.30. The Hall–Kier alpha value is -1.06. The van der Waals surface area contributed by atoms with Gasteiger partial charge in [0.1, 0.15) is 5.75 Å². The van der Waals surface area contributed by atoms with Gasteiger partial charge in [0, 0.05) is 19.6 Å². The molecule has 1 aromatic rings. The Kier molecular flexibility index (Phi) is 6.76. The topological polar surface area (TPSA) is 24.5 Å². The van der Waals surface area contributed by atoms with Crippen LogP contribution in [0.2, 0.25) is 0 Å². The molecule has 1 aromatic carbocycles. The van der Waals surface area contributed by atoms with Crippen molar-refractivity contribution in [3.05, 3.63) is 29.8 Å². The Morgan fingerprint density at radius 1 is 1.33 bits per heavy atom. The first-order valence-corrected chi connectivity index (χ1v) is 6.76. The van der Waals surface area contributed by atoms with Gasteiger partial charge in [-0.25, -0.2) is 0 Å². The van der Waals surface area contributed by atoms with Crippen LogP contribution in [-0.2, 0) is 6.54 Å². The molecule has 0 bridgehead atoms. The molecule has 1 N–H and O–H groups in total. The fourth-order valence-corrected chi connectivity index (χ4v) is 1.83. The van der Waals surface area contributed by atoms with E-state index in [0.717, 1.165) is 31.9 Å². The second kappa shape index (κ2) is 8.11. The number of nitrogens with zero attached hydrogens (tertiary/aromatic N) is 1. The summed E-state index contributed by atoms with van der Waals surface area (Å²) in [5, 5.41) is 3.34. The highest BCUT2D eigenvalue weighted by Gasteiger charge is 2.02. The molecule has 0 unspecified atom stereocenters. The highest BCUT2D eigenvalue weighted by Crippen LogP contribution is 2.15. The SMILES string of the molecule is CCNCCN(C)Cc1cccc(OC(C)C)c1. The first-order chi connectivity index (χ1) is 8.61. The number of hydrogen-bond donors (Lipinski definition) is 1. The van der Waals surface area contributed by atoms with E-state index in [2.05, 4.69) is 56.2 Å². The molecule has 3 heteroatoms. The summed E-state index contributed by atoms with van der Waals surface area (Å²) in [6, 6.07) is 8.36. The quantitative estimate of drug-likeness (QED) is 0.718. The monoisotopic (exact) mass is 250 g/mol. The largest absolute Gasteiger partial charge is 0.491 e. The molecule has 0 spiro atoms. The van der Waals surface area contributed by atoms with Crippen molar-refractivity contribution < 1.29 is 4.74 Å². The first-order valence-electron chi connectivity index (χ1n) is 6.76. The molecule has 0 heterocycles. The maximum atomic E-state index is 5.70. The van der Waals surface area contributed by atoms with Crippen molar-refractivity contribution in [3.8, 4) is 5.75 Å². The third kappa shape index (κ3) is 6.03. The second-order valence-electron chi connectivity index (χ2n) is 4.91. The molecule has 0 saturated heterocycles. The minimum absolute atomic E-state index is 0.228. The first kappa shape index (κ1) is 15.0. The summed E-state index contributed by atoms with van der Waals surface area (Å²) in [7, 11) is 2.15. The molecule has 0 aromatic heterocycles. The van der Waals surface area contributed by atoms with Gasteiger partial charge in [-0.05, 0) is 45.1 Å². The Morgan fingerprint density at radius 3 is 2.78 bits per heavy atom. The zero-order valence-corrected chi connectivity index (χ0v) is 12.1. The van der Waals surface area contributed by atoms with Gasteiger partial charge < -0.3 is 15.0 Å². The van der Waals surface area contributed by atoms with E-state index in [1.807, 2.05) is 6.07 Å². The zero-order valence-electron chi connectivity index (χ0n) is 12.1. The van der Waals surface area contributed by atoms with Gasteiger partial charge >= 0.3 is 0 Å². The highest BCUT2D eigenvalue weighted by atomic mass is 16.5.